The number of rotatable bonds is 15. The van der Waals surface area contributed by atoms with E-state index in [0.29, 0.717) is 59.3 Å². The van der Waals surface area contributed by atoms with Crippen molar-refractivity contribution in [3.63, 3.8) is 0 Å². The fourth-order valence-corrected chi connectivity index (χ4v) is 1.22. The Hall–Kier alpha value is -0.690. The van der Waals surface area contributed by atoms with Crippen LogP contribution in [0.2, 0.25) is 0 Å². The summed E-state index contributed by atoms with van der Waals surface area (Å²) in [5.41, 5.74) is 0. The molecule has 0 heterocycles. The predicted molar refractivity (Wildman–Crippen MR) is 74.8 cm³/mol. The molecule has 0 aromatic heterocycles. The second-order valence-corrected chi connectivity index (χ2v) is 4.02. The maximum atomic E-state index is 10.8. The zero-order chi connectivity index (χ0) is 14.9. The average Bonchev–Trinajstić information content (AvgIpc) is 2.47. The molecule has 20 heavy (non-hydrogen) atoms. The van der Waals surface area contributed by atoms with E-state index >= 15 is 0 Å². The Balaban J connectivity index is 2.97. The molecule has 0 saturated heterocycles. The van der Waals surface area contributed by atoms with Gasteiger partial charge in [0.2, 0.25) is 0 Å². The molecule has 0 aromatic carbocycles. The standard InChI is InChI=1S/C14H28O6/c1-3-5-16-6-7-17-8-9-18-10-11-19-12-13-20-14(15)4-2/h3-13H2,1-2H3. The Morgan fingerprint density at radius 1 is 0.650 bits per heavy atom. The monoisotopic (exact) mass is 292 g/mol. The van der Waals surface area contributed by atoms with Crippen molar-refractivity contribution < 1.29 is 28.5 Å². The van der Waals surface area contributed by atoms with Crippen molar-refractivity contribution in [2.75, 3.05) is 59.5 Å². The van der Waals surface area contributed by atoms with E-state index in [1.807, 2.05) is 0 Å². The molecule has 0 aliphatic carbocycles. The van der Waals surface area contributed by atoms with Crippen LogP contribution in [0.4, 0.5) is 0 Å². The van der Waals surface area contributed by atoms with E-state index in [4.69, 9.17) is 23.7 Å². The molecule has 120 valence electrons. The molecule has 6 heteroatoms. The van der Waals surface area contributed by atoms with E-state index < -0.39 is 0 Å². The second-order valence-electron chi connectivity index (χ2n) is 4.02. The second kappa shape index (κ2) is 16.4. The molecule has 0 saturated carbocycles. The third kappa shape index (κ3) is 15.4. The summed E-state index contributed by atoms with van der Waals surface area (Å²) in [6, 6.07) is 0. The summed E-state index contributed by atoms with van der Waals surface area (Å²) in [7, 11) is 0. The van der Waals surface area contributed by atoms with Crippen LogP contribution in [0.3, 0.4) is 0 Å². The van der Waals surface area contributed by atoms with Crippen molar-refractivity contribution in [2.24, 2.45) is 0 Å². The van der Waals surface area contributed by atoms with E-state index in [1.165, 1.54) is 0 Å². The van der Waals surface area contributed by atoms with Gasteiger partial charge in [-0.2, -0.15) is 0 Å². The van der Waals surface area contributed by atoms with Gasteiger partial charge in [-0.15, -0.1) is 0 Å². The molecule has 0 aliphatic heterocycles. The summed E-state index contributed by atoms with van der Waals surface area (Å²) < 4.78 is 26.0. The number of esters is 1. The van der Waals surface area contributed by atoms with Crippen LogP contribution in [0.5, 0.6) is 0 Å². The van der Waals surface area contributed by atoms with E-state index in [1.54, 1.807) is 6.92 Å². The Kier molecular flexibility index (Phi) is 15.8. The summed E-state index contributed by atoms with van der Waals surface area (Å²) in [6.45, 7) is 8.65. The summed E-state index contributed by atoms with van der Waals surface area (Å²) in [4.78, 5) is 10.8. The highest BCUT2D eigenvalue weighted by atomic mass is 16.6. The molecule has 0 spiro atoms. The van der Waals surface area contributed by atoms with Gasteiger partial charge in [-0.3, -0.25) is 4.79 Å². The molecule has 0 fully saturated rings. The summed E-state index contributed by atoms with van der Waals surface area (Å²) in [6.07, 6.45) is 1.42. The van der Waals surface area contributed by atoms with E-state index in [0.717, 1.165) is 13.0 Å². The first kappa shape index (κ1) is 19.3. The van der Waals surface area contributed by atoms with Gasteiger partial charge in [0.1, 0.15) is 6.61 Å². The molecular weight excluding hydrogens is 264 g/mol. The van der Waals surface area contributed by atoms with E-state index in [2.05, 4.69) is 6.92 Å². The van der Waals surface area contributed by atoms with Crippen LogP contribution < -0.4 is 0 Å². The van der Waals surface area contributed by atoms with Gasteiger partial charge in [0.15, 0.2) is 0 Å². The van der Waals surface area contributed by atoms with Gasteiger partial charge in [-0.25, -0.2) is 0 Å². The van der Waals surface area contributed by atoms with Crippen molar-refractivity contribution in [1.82, 2.24) is 0 Å². The van der Waals surface area contributed by atoms with Gasteiger partial charge in [0, 0.05) is 13.0 Å². The van der Waals surface area contributed by atoms with Crippen molar-refractivity contribution in [1.29, 1.82) is 0 Å². The summed E-state index contributed by atoms with van der Waals surface area (Å²) >= 11 is 0. The summed E-state index contributed by atoms with van der Waals surface area (Å²) in [5.74, 6) is -0.204. The van der Waals surface area contributed by atoms with Crippen LogP contribution in [-0.2, 0) is 28.5 Å². The molecule has 0 aromatic rings. The van der Waals surface area contributed by atoms with Crippen LogP contribution in [0.25, 0.3) is 0 Å². The maximum absolute atomic E-state index is 10.8. The zero-order valence-electron chi connectivity index (χ0n) is 12.7. The predicted octanol–water partition coefficient (Wildman–Crippen LogP) is 1.42. The quantitative estimate of drug-likeness (QED) is 0.336. The molecule has 0 N–H and O–H groups in total. The van der Waals surface area contributed by atoms with Crippen LogP contribution in [0.1, 0.15) is 26.7 Å². The number of carbonyl (C=O) groups excluding carboxylic acids is 1. The summed E-state index contributed by atoms with van der Waals surface area (Å²) in [5, 5.41) is 0. The molecule has 0 amide bonds. The Labute approximate surface area is 121 Å². The lowest BCUT2D eigenvalue weighted by Gasteiger charge is -2.07. The van der Waals surface area contributed by atoms with Gasteiger partial charge in [-0.1, -0.05) is 13.8 Å². The van der Waals surface area contributed by atoms with Crippen LogP contribution in [0, 0.1) is 0 Å². The number of hydrogen-bond donors (Lipinski definition) is 0. The van der Waals surface area contributed by atoms with Crippen LogP contribution in [-0.4, -0.2) is 65.4 Å². The third-order valence-electron chi connectivity index (χ3n) is 2.24. The molecule has 0 rings (SSSR count). The van der Waals surface area contributed by atoms with Gasteiger partial charge in [0.05, 0.1) is 46.2 Å². The normalized spacial score (nSPS) is 10.7. The molecular formula is C14H28O6. The highest BCUT2D eigenvalue weighted by Crippen LogP contribution is 1.86. The van der Waals surface area contributed by atoms with Crippen LogP contribution in [0.15, 0.2) is 0 Å². The number of carbonyl (C=O) groups is 1. The highest BCUT2D eigenvalue weighted by Gasteiger charge is 1.97. The highest BCUT2D eigenvalue weighted by molar-refractivity contribution is 5.68. The molecule has 0 aliphatic rings. The average molecular weight is 292 g/mol. The number of hydrogen-bond acceptors (Lipinski definition) is 6. The van der Waals surface area contributed by atoms with Crippen molar-refractivity contribution in [3.8, 4) is 0 Å². The van der Waals surface area contributed by atoms with Crippen molar-refractivity contribution in [3.05, 3.63) is 0 Å². The SMILES string of the molecule is CCCOCCOCCOCCOCCOC(=O)CC. The van der Waals surface area contributed by atoms with Gasteiger partial charge in [0.25, 0.3) is 0 Å². The molecule has 0 atom stereocenters. The lowest BCUT2D eigenvalue weighted by molar-refractivity contribution is -0.144. The first-order valence-electron chi connectivity index (χ1n) is 7.27. The molecule has 0 bridgehead atoms. The fourth-order valence-electron chi connectivity index (χ4n) is 1.22. The van der Waals surface area contributed by atoms with Gasteiger partial charge < -0.3 is 23.7 Å². The smallest absolute Gasteiger partial charge is 0.305 e. The molecule has 0 radical (unpaired) electrons. The van der Waals surface area contributed by atoms with E-state index in [-0.39, 0.29) is 5.97 Å². The Morgan fingerprint density at radius 3 is 1.45 bits per heavy atom. The first-order valence-corrected chi connectivity index (χ1v) is 7.27. The zero-order valence-corrected chi connectivity index (χ0v) is 12.7. The Morgan fingerprint density at radius 2 is 1.05 bits per heavy atom. The van der Waals surface area contributed by atoms with Crippen molar-refractivity contribution in [2.45, 2.75) is 26.7 Å². The lowest BCUT2D eigenvalue weighted by atomic mass is 10.5. The topological polar surface area (TPSA) is 63.2 Å². The number of ether oxygens (including phenoxy) is 5. The fraction of sp³-hybridized carbons (Fsp3) is 0.929. The van der Waals surface area contributed by atoms with Gasteiger partial charge >= 0.3 is 5.97 Å². The largest absolute Gasteiger partial charge is 0.463 e. The minimum atomic E-state index is -0.204. The first-order chi connectivity index (χ1) is 9.81. The van der Waals surface area contributed by atoms with Crippen LogP contribution >= 0.6 is 0 Å². The van der Waals surface area contributed by atoms with E-state index in [9.17, 15) is 4.79 Å². The minimum Gasteiger partial charge on any atom is -0.463 e. The molecule has 6 nitrogen and oxygen atoms in total. The minimum absolute atomic E-state index is 0.204. The van der Waals surface area contributed by atoms with Gasteiger partial charge in [-0.05, 0) is 6.42 Å². The maximum Gasteiger partial charge on any atom is 0.305 e. The third-order valence-corrected chi connectivity index (χ3v) is 2.24. The Bertz CT molecular complexity index is 210. The van der Waals surface area contributed by atoms with Crippen molar-refractivity contribution >= 4 is 5.97 Å². The molecule has 0 unspecified atom stereocenters. The lowest BCUT2D eigenvalue weighted by Crippen LogP contribution is -2.14.